The molecule has 1 unspecified atom stereocenters. The summed E-state index contributed by atoms with van der Waals surface area (Å²) in [5.74, 6) is -0.370. The molecule has 0 saturated heterocycles. The summed E-state index contributed by atoms with van der Waals surface area (Å²) in [6.45, 7) is 2.23. The number of benzene rings is 2. The molecular weight excluding hydrogens is 331 g/mol. The van der Waals surface area contributed by atoms with Gasteiger partial charge in [0.2, 0.25) is 0 Å². The lowest BCUT2D eigenvalue weighted by Gasteiger charge is -2.29. The molecule has 2 aromatic carbocycles. The smallest absolute Gasteiger partial charge is 0.315 e. The van der Waals surface area contributed by atoms with E-state index in [1.165, 1.54) is 13.2 Å². The second-order valence-corrected chi connectivity index (χ2v) is 6.01. The van der Waals surface area contributed by atoms with Gasteiger partial charge in [-0.1, -0.05) is 41.9 Å². The first kappa shape index (κ1) is 18.2. The number of hydrogen-bond acceptors (Lipinski definition) is 2. The van der Waals surface area contributed by atoms with Gasteiger partial charge in [-0.3, -0.25) is 0 Å². The van der Waals surface area contributed by atoms with Crippen molar-refractivity contribution < 1.29 is 13.9 Å². The fourth-order valence-electron chi connectivity index (χ4n) is 2.26. The fraction of sp³-hybridized carbons (Fsp3) is 0.278. The number of halogens is 2. The van der Waals surface area contributed by atoms with Crippen LogP contribution in [-0.4, -0.2) is 19.7 Å². The van der Waals surface area contributed by atoms with Gasteiger partial charge < -0.3 is 15.4 Å². The second-order valence-electron chi connectivity index (χ2n) is 5.58. The van der Waals surface area contributed by atoms with Crippen LogP contribution in [0.15, 0.2) is 48.5 Å². The fourth-order valence-corrected chi connectivity index (χ4v) is 2.39. The number of rotatable bonds is 6. The van der Waals surface area contributed by atoms with Gasteiger partial charge in [-0.05, 0) is 30.7 Å². The molecule has 0 aromatic heterocycles. The molecule has 0 radical (unpaired) electrons. The van der Waals surface area contributed by atoms with Crippen LogP contribution in [0.3, 0.4) is 0 Å². The van der Waals surface area contributed by atoms with E-state index in [4.69, 9.17) is 16.3 Å². The highest BCUT2D eigenvalue weighted by Crippen LogP contribution is 2.26. The highest BCUT2D eigenvalue weighted by atomic mass is 35.5. The van der Waals surface area contributed by atoms with Crippen LogP contribution in [0.1, 0.15) is 18.1 Å². The molecule has 0 spiro atoms. The molecular formula is C18H20ClFN2O2. The predicted octanol–water partition coefficient (Wildman–Crippen LogP) is 3.84. The summed E-state index contributed by atoms with van der Waals surface area (Å²) in [4.78, 5) is 12.0. The number of ether oxygens (including phenoxy) is 1. The summed E-state index contributed by atoms with van der Waals surface area (Å²) < 4.78 is 19.4. The zero-order valence-corrected chi connectivity index (χ0v) is 14.4. The topological polar surface area (TPSA) is 50.4 Å². The number of urea groups is 1. The minimum Gasteiger partial charge on any atom is -0.372 e. The quantitative estimate of drug-likeness (QED) is 0.831. The number of carbonyl (C=O) groups excluding carboxylic acids is 1. The molecule has 24 heavy (non-hydrogen) atoms. The normalized spacial score (nSPS) is 13.2. The molecule has 2 N–H and O–H groups in total. The van der Waals surface area contributed by atoms with Gasteiger partial charge in [-0.2, -0.15) is 0 Å². The van der Waals surface area contributed by atoms with Crippen molar-refractivity contribution in [3.8, 4) is 0 Å². The Morgan fingerprint density at radius 1 is 1.17 bits per heavy atom. The summed E-state index contributed by atoms with van der Waals surface area (Å²) in [7, 11) is 1.49. The Morgan fingerprint density at radius 3 is 2.46 bits per heavy atom. The Bertz CT molecular complexity index is 694. The van der Waals surface area contributed by atoms with E-state index in [-0.39, 0.29) is 18.4 Å². The first-order chi connectivity index (χ1) is 11.4. The van der Waals surface area contributed by atoms with Gasteiger partial charge >= 0.3 is 6.03 Å². The van der Waals surface area contributed by atoms with Crippen molar-refractivity contribution in [2.24, 2.45) is 0 Å². The monoisotopic (exact) mass is 350 g/mol. The SMILES string of the molecule is COC(C)(CNC(=O)NCc1ccc(Cl)cc1)c1ccccc1F. The summed E-state index contributed by atoms with van der Waals surface area (Å²) in [6.07, 6.45) is 0. The maximum Gasteiger partial charge on any atom is 0.315 e. The number of carbonyl (C=O) groups is 1. The third-order valence-electron chi connectivity index (χ3n) is 3.85. The van der Waals surface area contributed by atoms with Crippen LogP contribution in [0.25, 0.3) is 0 Å². The number of methoxy groups -OCH3 is 1. The zero-order chi connectivity index (χ0) is 17.6. The van der Waals surface area contributed by atoms with Crippen LogP contribution in [0, 0.1) is 5.82 Å². The molecule has 0 aliphatic rings. The average Bonchev–Trinajstić information content (AvgIpc) is 2.59. The van der Waals surface area contributed by atoms with Crippen LogP contribution in [-0.2, 0) is 16.9 Å². The van der Waals surface area contributed by atoms with Crippen molar-refractivity contribution in [3.05, 3.63) is 70.5 Å². The van der Waals surface area contributed by atoms with Crippen molar-refractivity contribution in [2.45, 2.75) is 19.1 Å². The third-order valence-corrected chi connectivity index (χ3v) is 4.10. The maximum absolute atomic E-state index is 14.0. The Balaban J connectivity index is 1.91. The van der Waals surface area contributed by atoms with E-state index >= 15 is 0 Å². The Morgan fingerprint density at radius 2 is 1.83 bits per heavy atom. The summed E-state index contributed by atoms with van der Waals surface area (Å²) in [5, 5.41) is 6.10. The molecule has 0 aliphatic carbocycles. The molecule has 4 nitrogen and oxygen atoms in total. The van der Waals surface area contributed by atoms with E-state index in [2.05, 4.69) is 10.6 Å². The van der Waals surface area contributed by atoms with Crippen LogP contribution >= 0.6 is 11.6 Å². The van der Waals surface area contributed by atoms with Gasteiger partial charge in [0.05, 0.1) is 6.54 Å². The molecule has 2 amide bonds. The van der Waals surface area contributed by atoms with Crippen molar-refractivity contribution in [2.75, 3.05) is 13.7 Å². The third kappa shape index (κ3) is 4.69. The van der Waals surface area contributed by atoms with Crippen LogP contribution in [0.5, 0.6) is 0 Å². The lowest BCUT2D eigenvalue weighted by Crippen LogP contribution is -2.44. The molecule has 6 heteroatoms. The van der Waals surface area contributed by atoms with Crippen LogP contribution in [0.4, 0.5) is 9.18 Å². The van der Waals surface area contributed by atoms with E-state index in [1.807, 2.05) is 12.1 Å². The van der Waals surface area contributed by atoms with Gasteiger partial charge in [-0.25, -0.2) is 9.18 Å². The molecule has 1 atom stereocenters. The first-order valence-electron chi connectivity index (χ1n) is 7.51. The van der Waals surface area contributed by atoms with E-state index < -0.39 is 5.60 Å². The van der Waals surface area contributed by atoms with Crippen molar-refractivity contribution in [3.63, 3.8) is 0 Å². The molecule has 0 fully saturated rings. The summed E-state index contributed by atoms with van der Waals surface area (Å²) in [6, 6.07) is 13.2. The minimum atomic E-state index is -0.955. The average molecular weight is 351 g/mol. The molecule has 128 valence electrons. The van der Waals surface area contributed by atoms with Gasteiger partial charge in [0.25, 0.3) is 0 Å². The summed E-state index contributed by atoms with van der Waals surface area (Å²) >= 11 is 5.82. The number of amides is 2. The molecule has 0 bridgehead atoms. The van der Waals surface area contributed by atoms with Crippen molar-refractivity contribution in [1.29, 1.82) is 0 Å². The van der Waals surface area contributed by atoms with E-state index in [0.29, 0.717) is 17.1 Å². The minimum absolute atomic E-state index is 0.136. The molecule has 2 rings (SSSR count). The highest BCUT2D eigenvalue weighted by Gasteiger charge is 2.29. The Labute approximate surface area is 146 Å². The molecule has 0 saturated carbocycles. The van der Waals surface area contributed by atoms with E-state index in [9.17, 15) is 9.18 Å². The zero-order valence-electron chi connectivity index (χ0n) is 13.6. The van der Waals surface area contributed by atoms with Gasteiger partial charge in [0, 0.05) is 24.2 Å². The predicted molar refractivity (Wildman–Crippen MR) is 92.5 cm³/mol. The summed E-state index contributed by atoms with van der Waals surface area (Å²) in [5.41, 5.74) is 0.367. The Kier molecular flexibility index (Phi) is 6.17. The molecule has 0 heterocycles. The highest BCUT2D eigenvalue weighted by molar-refractivity contribution is 6.30. The Hall–Kier alpha value is -2.11. The second kappa shape index (κ2) is 8.13. The maximum atomic E-state index is 14.0. The van der Waals surface area contributed by atoms with Gasteiger partial charge in [0.15, 0.2) is 0 Å². The lowest BCUT2D eigenvalue weighted by atomic mass is 9.95. The van der Waals surface area contributed by atoms with Gasteiger partial charge in [0.1, 0.15) is 11.4 Å². The standard InChI is InChI=1S/C18H20ClFN2O2/c1-18(24-2,15-5-3-4-6-16(15)20)12-22-17(23)21-11-13-7-9-14(19)10-8-13/h3-10H,11-12H2,1-2H3,(H2,21,22,23). The largest absolute Gasteiger partial charge is 0.372 e. The molecule has 2 aromatic rings. The van der Waals surface area contributed by atoms with Crippen LogP contribution in [0.2, 0.25) is 5.02 Å². The van der Waals surface area contributed by atoms with Gasteiger partial charge in [-0.15, -0.1) is 0 Å². The lowest BCUT2D eigenvalue weighted by molar-refractivity contribution is 0.00203. The van der Waals surface area contributed by atoms with E-state index in [0.717, 1.165) is 5.56 Å². The van der Waals surface area contributed by atoms with Crippen LogP contribution < -0.4 is 10.6 Å². The first-order valence-corrected chi connectivity index (χ1v) is 7.89. The van der Waals surface area contributed by atoms with Crippen molar-refractivity contribution in [1.82, 2.24) is 10.6 Å². The number of nitrogens with one attached hydrogen (secondary N) is 2. The molecule has 0 aliphatic heterocycles. The number of hydrogen-bond donors (Lipinski definition) is 2. The van der Waals surface area contributed by atoms with Crippen molar-refractivity contribution >= 4 is 17.6 Å². The van der Waals surface area contributed by atoms with E-state index in [1.54, 1.807) is 37.3 Å².